The molecule has 0 fully saturated rings. The fraction of sp³-hybridized carbons (Fsp3) is 0.214. The first-order chi connectivity index (χ1) is 16.1. The zero-order chi connectivity index (χ0) is 22.7. The first-order valence-electron chi connectivity index (χ1n) is 11.3. The molecule has 0 amide bonds. The first kappa shape index (κ1) is 21.0. The fourth-order valence-electron chi connectivity index (χ4n) is 4.45. The van der Waals surface area contributed by atoms with E-state index >= 15 is 0 Å². The van der Waals surface area contributed by atoms with E-state index in [-0.39, 0.29) is 5.78 Å². The number of H-pyrrole nitrogens is 1. The molecule has 0 bridgehead atoms. The number of ether oxygens (including phenoxy) is 2. The van der Waals surface area contributed by atoms with Crippen LogP contribution in [-0.4, -0.2) is 15.8 Å². The maximum atomic E-state index is 12.6. The van der Waals surface area contributed by atoms with Crippen molar-refractivity contribution < 1.29 is 14.3 Å². The van der Waals surface area contributed by atoms with E-state index < -0.39 is 5.60 Å². The summed E-state index contributed by atoms with van der Waals surface area (Å²) in [6.07, 6.45) is 5.77. The van der Waals surface area contributed by atoms with Crippen LogP contribution < -0.4 is 9.47 Å². The molecule has 1 aliphatic rings. The molecule has 166 valence electrons. The molecule has 33 heavy (non-hydrogen) atoms. The highest BCUT2D eigenvalue weighted by Crippen LogP contribution is 2.38. The van der Waals surface area contributed by atoms with Crippen molar-refractivity contribution >= 4 is 5.78 Å². The van der Waals surface area contributed by atoms with E-state index in [0.29, 0.717) is 24.6 Å². The summed E-state index contributed by atoms with van der Waals surface area (Å²) in [6.45, 7) is 2.33. The van der Waals surface area contributed by atoms with Gasteiger partial charge >= 0.3 is 0 Å². The third kappa shape index (κ3) is 4.14. The van der Waals surface area contributed by atoms with Gasteiger partial charge in [0.15, 0.2) is 17.2 Å². The van der Waals surface area contributed by atoms with Gasteiger partial charge in [0.1, 0.15) is 18.1 Å². The lowest BCUT2D eigenvalue weighted by Gasteiger charge is -2.32. The van der Waals surface area contributed by atoms with Crippen LogP contribution in [-0.2, 0) is 18.6 Å². The summed E-state index contributed by atoms with van der Waals surface area (Å²) in [6, 6.07) is 23.5. The zero-order valence-electron chi connectivity index (χ0n) is 18.6. The Balaban J connectivity index is 1.58. The van der Waals surface area contributed by atoms with E-state index in [2.05, 4.69) is 9.97 Å². The number of para-hydroxylation sites is 1. The van der Waals surface area contributed by atoms with Gasteiger partial charge in [-0.2, -0.15) is 0 Å². The van der Waals surface area contributed by atoms with Crippen molar-refractivity contribution in [1.29, 1.82) is 0 Å². The minimum absolute atomic E-state index is 0.181. The number of nitrogens with zero attached hydrogens (tertiary/aromatic N) is 1. The number of nitrogens with one attached hydrogen (secondary N) is 1. The van der Waals surface area contributed by atoms with Crippen LogP contribution in [0.25, 0.3) is 0 Å². The second-order valence-electron chi connectivity index (χ2n) is 8.39. The van der Waals surface area contributed by atoms with Crippen LogP contribution in [0.15, 0.2) is 85.2 Å². The molecule has 1 N–H and O–H groups in total. The highest BCUT2D eigenvalue weighted by molar-refractivity contribution is 5.99. The van der Waals surface area contributed by atoms with E-state index in [4.69, 9.17) is 9.47 Å². The maximum absolute atomic E-state index is 12.6. The molecule has 1 atom stereocenters. The van der Waals surface area contributed by atoms with E-state index in [1.54, 1.807) is 12.4 Å². The Morgan fingerprint density at radius 2 is 1.73 bits per heavy atom. The number of carbonyl (C=O) groups excluding carboxylic acids is 1. The minimum atomic E-state index is -0.848. The number of hydrogen-bond acceptors (Lipinski definition) is 4. The Morgan fingerprint density at radius 1 is 0.970 bits per heavy atom. The Kier molecular flexibility index (Phi) is 5.69. The largest absolute Gasteiger partial charge is 0.489 e. The van der Waals surface area contributed by atoms with Crippen LogP contribution >= 0.6 is 0 Å². The number of fused-ring (bicyclic) bond motifs is 1. The zero-order valence-corrected chi connectivity index (χ0v) is 18.6. The molecule has 1 aliphatic carbocycles. The monoisotopic (exact) mass is 438 g/mol. The van der Waals surface area contributed by atoms with Gasteiger partial charge in [0.05, 0.1) is 0 Å². The summed E-state index contributed by atoms with van der Waals surface area (Å²) in [4.78, 5) is 20.4. The Hall–Kier alpha value is -3.86. The minimum Gasteiger partial charge on any atom is -0.489 e. The summed E-state index contributed by atoms with van der Waals surface area (Å²) in [5, 5.41) is 0. The topological polar surface area (TPSA) is 64.2 Å². The van der Waals surface area contributed by atoms with Crippen LogP contribution in [0.4, 0.5) is 0 Å². The number of Topliss-reactive ketones (excluding diaryl/α,β-unsaturated/α-hetero) is 1. The third-order valence-electron chi connectivity index (χ3n) is 6.23. The van der Waals surface area contributed by atoms with E-state index in [1.807, 2.05) is 79.7 Å². The van der Waals surface area contributed by atoms with Crippen LogP contribution in [0, 0.1) is 0 Å². The average Bonchev–Trinajstić information content (AvgIpc) is 3.40. The number of ketones is 1. The third-order valence-corrected chi connectivity index (χ3v) is 6.23. The van der Waals surface area contributed by atoms with Gasteiger partial charge in [0.2, 0.25) is 0 Å². The summed E-state index contributed by atoms with van der Waals surface area (Å²) in [7, 11) is 0. The van der Waals surface area contributed by atoms with Crippen molar-refractivity contribution in [2.24, 2.45) is 0 Å². The standard InChI is InChI=1S/C28H26N2O3/c1-28(27-29-17-18-30-27,20-9-4-2-5-10-20)33-26-16-15-23-22(13-8-14-25(23)31)24(26)19-32-21-11-6-3-7-12-21/h2-7,9-12,15-18H,8,13-14,19H2,1H3,(H,29,30)/t28-/m0/s1. The van der Waals surface area contributed by atoms with Gasteiger partial charge in [-0.3, -0.25) is 4.79 Å². The van der Waals surface area contributed by atoms with Crippen molar-refractivity contribution in [3.63, 3.8) is 0 Å². The molecular weight excluding hydrogens is 412 g/mol. The first-order valence-corrected chi connectivity index (χ1v) is 11.3. The van der Waals surface area contributed by atoms with Crippen molar-refractivity contribution in [2.75, 3.05) is 0 Å². The van der Waals surface area contributed by atoms with Crippen molar-refractivity contribution in [2.45, 2.75) is 38.4 Å². The van der Waals surface area contributed by atoms with Gasteiger partial charge in [-0.05, 0) is 49.6 Å². The fourth-order valence-corrected chi connectivity index (χ4v) is 4.45. The molecule has 0 saturated heterocycles. The van der Waals surface area contributed by atoms with Gasteiger partial charge in [-0.1, -0.05) is 48.5 Å². The highest BCUT2D eigenvalue weighted by atomic mass is 16.5. The second-order valence-corrected chi connectivity index (χ2v) is 8.39. The normalized spacial score (nSPS) is 14.9. The van der Waals surface area contributed by atoms with Crippen LogP contribution in [0.3, 0.4) is 0 Å². The van der Waals surface area contributed by atoms with Gasteiger partial charge in [-0.15, -0.1) is 0 Å². The lowest BCUT2D eigenvalue weighted by Crippen LogP contribution is -2.33. The number of hydrogen-bond donors (Lipinski definition) is 1. The molecule has 0 saturated carbocycles. The van der Waals surface area contributed by atoms with E-state index in [0.717, 1.165) is 40.8 Å². The number of aromatic nitrogens is 2. The van der Waals surface area contributed by atoms with Crippen LogP contribution in [0.2, 0.25) is 0 Å². The summed E-state index contributed by atoms with van der Waals surface area (Å²) >= 11 is 0. The van der Waals surface area contributed by atoms with E-state index in [9.17, 15) is 4.79 Å². The summed E-state index contributed by atoms with van der Waals surface area (Å²) in [5.41, 5.74) is 2.84. The predicted octanol–water partition coefficient (Wildman–Crippen LogP) is 5.85. The van der Waals surface area contributed by atoms with Crippen molar-refractivity contribution in [3.05, 3.63) is 113 Å². The van der Waals surface area contributed by atoms with E-state index in [1.165, 1.54) is 0 Å². The molecule has 3 aromatic carbocycles. The molecule has 1 aromatic heterocycles. The Labute approximate surface area is 193 Å². The SMILES string of the molecule is C[C@](Oc1ccc2c(c1COc1ccccc1)CCCC2=O)(c1ccccc1)c1ncc[nH]1. The van der Waals surface area contributed by atoms with Gasteiger partial charge in [0.25, 0.3) is 0 Å². The number of rotatable bonds is 7. The second kappa shape index (κ2) is 8.94. The van der Waals surface area contributed by atoms with Gasteiger partial charge in [0, 0.05) is 35.5 Å². The molecular formula is C28H26N2O3. The number of benzene rings is 3. The number of aromatic amines is 1. The molecule has 0 radical (unpaired) electrons. The Bertz CT molecular complexity index is 1240. The molecule has 5 rings (SSSR count). The van der Waals surface area contributed by atoms with Gasteiger partial charge in [-0.25, -0.2) is 4.98 Å². The highest BCUT2D eigenvalue weighted by Gasteiger charge is 2.35. The quantitative estimate of drug-likeness (QED) is 0.393. The summed E-state index contributed by atoms with van der Waals surface area (Å²) < 4.78 is 12.9. The average molecular weight is 439 g/mol. The number of carbonyl (C=O) groups is 1. The maximum Gasteiger partial charge on any atom is 0.188 e. The lowest BCUT2D eigenvalue weighted by molar-refractivity contribution is 0.0970. The summed E-state index contributed by atoms with van der Waals surface area (Å²) in [5.74, 6) is 2.36. The molecule has 0 spiro atoms. The van der Waals surface area contributed by atoms with Crippen molar-refractivity contribution in [1.82, 2.24) is 9.97 Å². The van der Waals surface area contributed by atoms with Crippen LogP contribution in [0.1, 0.15) is 52.6 Å². The predicted molar refractivity (Wildman–Crippen MR) is 127 cm³/mol. The van der Waals surface area contributed by atoms with Crippen molar-refractivity contribution in [3.8, 4) is 11.5 Å². The molecule has 5 heteroatoms. The molecule has 1 heterocycles. The lowest BCUT2D eigenvalue weighted by atomic mass is 9.86. The molecule has 5 nitrogen and oxygen atoms in total. The Morgan fingerprint density at radius 3 is 2.45 bits per heavy atom. The molecule has 0 aliphatic heterocycles. The number of imidazole rings is 1. The van der Waals surface area contributed by atoms with Crippen LogP contribution in [0.5, 0.6) is 11.5 Å². The van der Waals surface area contributed by atoms with Gasteiger partial charge < -0.3 is 14.5 Å². The molecule has 0 unspecified atom stereocenters. The molecule has 4 aromatic rings. The smallest absolute Gasteiger partial charge is 0.188 e.